The summed E-state index contributed by atoms with van der Waals surface area (Å²) in [5.41, 5.74) is 1.06. The van der Waals surface area contributed by atoms with E-state index in [1.807, 2.05) is 30.3 Å². The molecule has 0 bridgehead atoms. The summed E-state index contributed by atoms with van der Waals surface area (Å²) in [6, 6.07) is 9.80. The van der Waals surface area contributed by atoms with E-state index in [4.69, 9.17) is 4.42 Å². The maximum atomic E-state index is 13.1. The van der Waals surface area contributed by atoms with Crippen LogP contribution in [-0.2, 0) is 0 Å². The number of hydrogen-bond acceptors (Lipinski definition) is 4. The van der Waals surface area contributed by atoms with Gasteiger partial charge >= 0.3 is 5.63 Å². The van der Waals surface area contributed by atoms with Crippen molar-refractivity contribution in [3.8, 4) is 5.75 Å². The van der Waals surface area contributed by atoms with Crippen LogP contribution in [0.5, 0.6) is 5.75 Å². The van der Waals surface area contributed by atoms with Gasteiger partial charge in [-0.1, -0.05) is 50.6 Å². The highest BCUT2D eigenvalue weighted by molar-refractivity contribution is 6.00. The molecule has 2 aliphatic carbocycles. The lowest BCUT2D eigenvalue weighted by Crippen LogP contribution is -2.20. The van der Waals surface area contributed by atoms with Crippen molar-refractivity contribution in [3.63, 3.8) is 0 Å². The van der Waals surface area contributed by atoms with E-state index in [-0.39, 0.29) is 34.5 Å². The van der Waals surface area contributed by atoms with E-state index in [0.717, 1.165) is 44.1 Å². The topological polar surface area (TPSA) is 67.5 Å². The van der Waals surface area contributed by atoms with Crippen molar-refractivity contribution in [2.45, 2.75) is 70.6 Å². The van der Waals surface area contributed by atoms with Crippen molar-refractivity contribution in [2.24, 2.45) is 11.8 Å². The Kier molecular flexibility index (Phi) is 5.62. The zero-order valence-electron chi connectivity index (χ0n) is 17.3. The summed E-state index contributed by atoms with van der Waals surface area (Å²) in [5, 5.41) is 11.2. The number of fused-ring (bicyclic) bond motifs is 1. The standard InChI is InChI=1S/C25H30O4/c1-15(2)11-12-18-9-6-10-19(26)21-23(27)22(25(28)29-24(18)21)20(17-13-14-17)16-7-4-3-5-8-16/h3-5,7-8,15,17-18,20,27H,6,9-14H2,1-2H3. The quantitative estimate of drug-likeness (QED) is 0.631. The Balaban J connectivity index is 1.83. The number of carbonyl (C=O) groups is 1. The van der Waals surface area contributed by atoms with Gasteiger partial charge in [0.25, 0.3) is 0 Å². The molecule has 1 aromatic carbocycles. The Hall–Kier alpha value is -2.36. The minimum atomic E-state index is -0.480. The summed E-state index contributed by atoms with van der Waals surface area (Å²) in [6.45, 7) is 4.33. The van der Waals surface area contributed by atoms with Crippen molar-refractivity contribution in [2.75, 3.05) is 0 Å². The van der Waals surface area contributed by atoms with Crippen LogP contribution in [0.3, 0.4) is 0 Å². The molecule has 0 saturated heterocycles. The van der Waals surface area contributed by atoms with Crippen LogP contribution in [0, 0.1) is 11.8 Å². The second kappa shape index (κ2) is 8.17. The number of benzene rings is 1. The van der Waals surface area contributed by atoms with Gasteiger partial charge in [-0.3, -0.25) is 4.79 Å². The SMILES string of the molecule is CC(C)CCC1CCCC(=O)c2c1oc(=O)c(C(c1ccccc1)C1CC1)c2O. The molecular formula is C25H30O4. The summed E-state index contributed by atoms with van der Waals surface area (Å²) < 4.78 is 5.85. The molecule has 29 heavy (non-hydrogen) atoms. The third-order valence-electron chi connectivity index (χ3n) is 6.42. The number of hydrogen-bond donors (Lipinski definition) is 1. The maximum absolute atomic E-state index is 13.1. The predicted molar refractivity (Wildman–Crippen MR) is 113 cm³/mol. The molecule has 2 aromatic rings. The highest BCUT2D eigenvalue weighted by Crippen LogP contribution is 2.49. The lowest BCUT2D eigenvalue weighted by Gasteiger charge is -2.21. The molecule has 1 N–H and O–H groups in total. The first-order valence-electron chi connectivity index (χ1n) is 10.9. The molecule has 4 heteroatoms. The normalized spacial score (nSPS) is 20.4. The largest absolute Gasteiger partial charge is 0.506 e. The molecule has 1 saturated carbocycles. The maximum Gasteiger partial charge on any atom is 0.343 e. The fourth-order valence-electron chi connectivity index (χ4n) is 4.72. The van der Waals surface area contributed by atoms with Crippen molar-refractivity contribution < 1.29 is 14.3 Å². The average molecular weight is 395 g/mol. The molecule has 1 aromatic heterocycles. The first-order valence-corrected chi connectivity index (χ1v) is 10.9. The highest BCUT2D eigenvalue weighted by atomic mass is 16.4. The predicted octanol–water partition coefficient (Wildman–Crippen LogP) is 5.77. The summed E-state index contributed by atoms with van der Waals surface area (Å²) >= 11 is 0. The Labute approximate surface area is 172 Å². The van der Waals surface area contributed by atoms with Crippen molar-refractivity contribution in [1.82, 2.24) is 0 Å². The second-order valence-corrected chi connectivity index (χ2v) is 9.10. The minimum absolute atomic E-state index is 0.0163. The fraction of sp³-hybridized carbons (Fsp3) is 0.520. The van der Waals surface area contributed by atoms with Crippen molar-refractivity contribution in [1.29, 1.82) is 0 Å². The molecule has 2 unspecified atom stereocenters. The average Bonchev–Trinajstić information content (AvgIpc) is 3.53. The van der Waals surface area contributed by atoms with Crippen LogP contribution in [0.1, 0.15) is 97.9 Å². The fourth-order valence-corrected chi connectivity index (χ4v) is 4.72. The smallest absolute Gasteiger partial charge is 0.343 e. The molecule has 0 aliphatic heterocycles. The van der Waals surface area contributed by atoms with Gasteiger partial charge in [0.1, 0.15) is 11.5 Å². The van der Waals surface area contributed by atoms with Gasteiger partial charge in [0.05, 0.1) is 11.1 Å². The molecule has 0 amide bonds. The number of aromatic hydroxyl groups is 1. The van der Waals surface area contributed by atoms with Gasteiger partial charge in [0.15, 0.2) is 5.78 Å². The molecule has 2 atom stereocenters. The monoisotopic (exact) mass is 394 g/mol. The number of ketones is 1. The van der Waals surface area contributed by atoms with Crippen LogP contribution in [0.4, 0.5) is 0 Å². The van der Waals surface area contributed by atoms with Gasteiger partial charge in [0, 0.05) is 18.3 Å². The van der Waals surface area contributed by atoms with E-state index in [2.05, 4.69) is 13.8 Å². The van der Waals surface area contributed by atoms with Gasteiger partial charge in [-0.05, 0) is 49.5 Å². The third kappa shape index (κ3) is 4.03. The zero-order chi connectivity index (χ0) is 20.5. The van der Waals surface area contributed by atoms with E-state index in [9.17, 15) is 14.7 Å². The van der Waals surface area contributed by atoms with Gasteiger partial charge in [0.2, 0.25) is 0 Å². The van der Waals surface area contributed by atoms with Gasteiger partial charge in [-0.15, -0.1) is 0 Å². The first-order chi connectivity index (χ1) is 14.0. The van der Waals surface area contributed by atoms with E-state index in [0.29, 0.717) is 24.0 Å². The first kappa shape index (κ1) is 19.9. The summed E-state index contributed by atoms with van der Waals surface area (Å²) in [6.07, 6.45) is 5.87. The molecule has 0 radical (unpaired) electrons. The van der Waals surface area contributed by atoms with Crippen LogP contribution in [-0.4, -0.2) is 10.9 Å². The molecule has 2 aliphatic rings. The van der Waals surface area contributed by atoms with Crippen LogP contribution >= 0.6 is 0 Å². The van der Waals surface area contributed by atoms with Crippen LogP contribution < -0.4 is 5.63 Å². The summed E-state index contributed by atoms with van der Waals surface area (Å²) in [5.74, 6) is 0.833. The zero-order valence-corrected chi connectivity index (χ0v) is 17.3. The second-order valence-electron chi connectivity index (χ2n) is 9.10. The van der Waals surface area contributed by atoms with Gasteiger partial charge in [-0.25, -0.2) is 4.79 Å². The van der Waals surface area contributed by atoms with Gasteiger partial charge < -0.3 is 9.52 Å². The summed E-state index contributed by atoms with van der Waals surface area (Å²) in [4.78, 5) is 26.0. The Morgan fingerprint density at radius 2 is 1.83 bits per heavy atom. The lowest BCUT2D eigenvalue weighted by molar-refractivity contribution is 0.0977. The molecule has 1 fully saturated rings. The number of carbonyl (C=O) groups excluding carboxylic acids is 1. The minimum Gasteiger partial charge on any atom is -0.506 e. The molecule has 0 spiro atoms. The highest BCUT2D eigenvalue weighted by Gasteiger charge is 2.40. The van der Waals surface area contributed by atoms with E-state index < -0.39 is 5.63 Å². The number of rotatable bonds is 6. The van der Waals surface area contributed by atoms with Gasteiger partial charge in [-0.2, -0.15) is 0 Å². The number of Topliss-reactive ketones (excluding diaryl/α,β-unsaturated/α-hetero) is 1. The van der Waals surface area contributed by atoms with E-state index >= 15 is 0 Å². The van der Waals surface area contributed by atoms with Crippen LogP contribution in [0.25, 0.3) is 0 Å². The molecular weight excluding hydrogens is 364 g/mol. The van der Waals surface area contributed by atoms with Crippen LogP contribution in [0.2, 0.25) is 0 Å². The Morgan fingerprint density at radius 1 is 1.10 bits per heavy atom. The van der Waals surface area contributed by atoms with E-state index in [1.54, 1.807) is 0 Å². The molecule has 1 heterocycles. The van der Waals surface area contributed by atoms with E-state index in [1.165, 1.54) is 0 Å². The Bertz CT molecular complexity index is 937. The molecule has 4 nitrogen and oxygen atoms in total. The Morgan fingerprint density at radius 3 is 2.48 bits per heavy atom. The van der Waals surface area contributed by atoms with Crippen LogP contribution in [0.15, 0.2) is 39.5 Å². The summed E-state index contributed by atoms with van der Waals surface area (Å²) in [7, 11) is 0. The van der Waals surface area contributed by atoms with Crippen molar-refractivity contribution in [3.05, 3.63) is 63.2 Å². The molecule has 4 rings (SSSR count). The molecule has 154 valence electrons. The van der Waals surface area contributed by atoms with Crippen molar-refractivity contribution >= 4 is 5.78 Å². The third-order valence-corrected chi connectivity index (χ3v) is 6.42. The lowest BCUT2D eigenvalue weighted by atomic mass is 9.85.